The highest BCUT2D eigenvalue weighted by Gasteiger charge is 2.33. The van der Waals surface area contributed by atoms with Crippen LogP contribution in [0.4, 0.5) is 0 Å². The smallest absolute Gasteiger partial charge is 0.0817 e. The molecule has 0 aromatic heterocycles. The summed E-state index contributed by atoms with van der Waals surface area (Å²) < 4.78 is 5.34. The van der Waals surface area contributed by atoms with Gasteiger partial charge in [-0.15, -0.1) is 0 Å². The molecule has 0 radical (unpaired) electrons. The fourth-order valence-corrected chi connectivity index (χ4v) is 3.18. The van der Waals surface area contributed by atoms with E-state index in [1.807, 2.05) is 6.07 Å². The number of nitrogens with two attached hydrogens (primary N) is 1. The highest BCUT2D eigenvalue weighted by Crippen LogP contribution is 2.26. The van der Waals surface area contributed by atoms with Crippen molar-refractivity contribution in [2.24, 2.45) is 5.73 Å². The molecule has 1 unspecified atom stereocenters. The van der Waals surface area contributed by atoms with Crippen LogP contribution < -0.4 is 5.73 Å². The third kappa shape index (κ3) is 4.27. The summed E-state index contributed by atoms with van der Waals surface area (Å²) in [5.74, 6) is 0. The number of hydrogen-bond acceptors (Lipinski definition) is 4. The first-order valence-electron chi connectivity index (χ1n) is 7.72. The zero-order chi connectivity index (χ0) is 15.3. The van der Waals surface area contributed by atoms with Crippen LogP contribution in [0.3, 0.4) is 0 Å². The van der Waals surface area contributed by atoms with E-state index in [9.17, 15) is 5.11 Å². The standard InChI is InChI=1S/C17H28N2O2/c1-16(12-18,15-6-4-3-5-7-15)13-19(2)14-17(20)8-10-21-11-9-17/h3-7,20H,8-14,18H2,1-2H3. The molecule has 1 fully saturated rings. The van der Waals surface area contributed by atoms with E-state index in [4.69, 9.17) is 10.5 Å². The van der Waals surface area contributed by atoms with Crippen LogP contribution in [0.1, 0.15) is 25.3 Å². The number of hydrogen-bond donors (Lipinski definition) is 2. The highest BCUT2D eigenvalue weighted by molar-refractivity contribution is 5.25. The maximum Gasteiger partial charge on any atom is 0.0817 e. The molecule has 4 heteroatoms. The molecule has 1 aromatic carbocycles. The number of aliphatic hydroxyl groups is 1. The van der Waals surface area contributed by atoms with Crippen LogP contribution in [0, 0.1) is 0 Å². The Kier molecular flexibility index (Phi) is 5.38. The zero-order valence-corrected chi connectivity index (χ0v) is 13.2. The molecule has 1 saturated heterocycles. The predicted octanol–water partition coefficient (Wildman–Crippen LogP) is 1.38. The Bertz CT molecular complexity index is 432. The number of likely N-dealkylation sites (N-methyl/N-ethyl adjacent to an activating group) is 1. The van der Waals surface area contributed by atoms with Gasteiger partial charge in [-0.25, -0.2) is 0 Å². The van der Waals surface area contributed by atoms with Gasteiger partial charge in [0.25, 0.3) is 0 Å². The van der Waals surface area contributed by atoms with E-state index in [1.165, 1.54) is 5.56 Å². The normalized spacial score (nSPS) is 21.2. The first kappa shape index (κ1) is 16.4. The van der Waals surface area contributed by atoms with E-state index in [0.29, 0.717) is 39.1 Å². The average molecular weight is 292 g/mol. The first-order chi connectivity index (χ1) is 9.97. The number of rotatable bonds is 6. The van der Waals surface area contributed by atoms with Crippen LogP contribution in [0.15, 0.2) is 30.3 Å². The van der Waals surface area contributed by atoms with Gasteiger partial charge in [-0.1, -0.05) is 37.3 Å². The minimum atomic E-state index is -0.626. The summed E-state index contributed by atoms with van der Waals surface area (Å²) >= 11 is 0. The van der Waals surface area contributed by atoms with Crippen molar-refractivity contribution in [3.8, 4) is 0 Å². The zero-order valence-electron chi connectivity index (χ0n) is 13.2. The lowest BCUT2D eigenvalue weighted by Gasteiger charge is -2.39. The van der Waals surface area contributed by atoms with Crippen molar-refractivity contribution in [1.29, 1.82) is 0 Å². The van der Waals surface area contributed by atoms with Crippen molar-refractivity contribution in [3.05, 3.63) is 35.9 Å². The SMILES string of the molecule is CN(CC1(O)CCOCC1)CC(C)(CN)c1ccccc1. The fourth-order valence-electron chi connectivity index (χ4n) is 3.18. The minimum absolute atomic E-state index is 0.0997. The van der Waals surface area contributed by atoms with Crippen LogP contribution in [0.25, 0.3) is 0 Å². The Balaban J connectivity index is 2.01. The van der Waals surface area contributed by atoms with Gasteiger partial charge in [0.2, 0.25) is 0 Å². The lowest BCUT2D eigenvalue weighted by molar-refractivity contribution is -0.0783. The Morgan fingerprint density at radius 2 is 1.90 bits per heavy atom. The predicted molar refractivity (Wildman–Crippen MR) is 85.3 cm³/mol. The molecule has 1 aliphatic rings. The molecular weight excluding hydrogens is 264 g/mol. The summed E-state index contributed by atoms with van der Waals surface area (Å²) in [6.45, 7) is 5.57. The van der Waals surface area contributed by atoms with Crippen LogP contribution in [0.2, 0.25) is 0 Å². The van der Waals surface area contributed by atoms with Gasteiger partial charge in [-0.3, -0.25) is 0 Å². The molecular formula is C17H28N2O2. The van der Waals surface area contributed by atoms with Crippen molar-refractivity contribution < 1.29 is 9.84 Å². The summed E-state index contributed by atoms with van der Waals surface area (Å²) in [5.41, 5.74) is 6.57. The Morgan fingerprint density at radius 3 is 2.48 bits per heavy atom. The molecule has 118 valence electrons. The van der Waals surface area contributed by atoms with Gasteiger partial charge in [0.15, 0.2) is 0 Å². The molecule has 4 nitrogen and oxygen atoms in total. The molecule has 21 heavy (non-hydrogen) atoms. The Hall–Kier alpha value is -0.940. The van der Waals surface area contributed by atoms with Gasteiger partial charge in [-0.05, 0) is 12.6 Å². The maximum absolute atomic E-state index is 10.6. The van der Waals surface area contributed by atoms with E-state index in [0.717, 1.165) is 6.54 Å². The summed E-state index contributed by atoms with van der Waals surface area (Å²) in [7, 11) is 2.06. The number of nitrogens with zero attached hydrogens (tertiary/aromatic N) is 1. The lowest BCUT2D eigenvalue weighted by atomic mass is 9.81. The second-order valence-electron chi connectivity index (χ2n) is 6.64. The van der Waals surface area contributed by atoms with E-state index in [1.54, 1.807) is 0 Å². The van der Waals surface area contributed by atoms with Gasteiger partial charge in [0, 0.05) is 51.1 Å². The summed E-state index contributed by atoms with van der Waals surface area (Å²) in [6.07, 6.45) is 1.42. The highest BCUT2D eigenvalue weighted by atomic mass is 16.5. The second-order valence-corrected chi connectivity index (χ2v) is 6.64. The van der Waals surface area contributed by atoms with Crippen LogP contribution in [0.5, 0.6) is 0 Å². The summed E-state index contributed by atoms with van der Waals surface area (Å²) in [5, 5.41) is 10.6. The number of benzene rings is 1. The third-order valence-electron chi connectivity index (χ3n) is 4.53. The third-order valence-corrected chi connectivity index (χ3v) is 4.53. The average Bonchev–Trinajstić information content (AvgIpc) is 2.48. The molecule has 1 heterocycles. The second kappa shape index (κ2) is 6.88. The van der Waals surface area contributed by atoms with Crippen LogP contribution in [-0.2, 0) is 10.2 Å². The van der Waals surface area contributed by atoms with E-state index in [-0.39, 0.29) is 5.41 Å². The lowest BCUT2D eigenvalue weighted by Crippen LogP contribution is -2.50. The molecule has 2 rings (SSSR count). The Labute approximate surface area is 127 Å². The minimum Gasteiger partial charge on any atom is -0.388 e. The van der Waals surface area contributed by atoms with Gasteiger partial charge < -0.3 is 20.5 Å². The molecule has 1 atom stereocenters. The molecule has 0 bridgehead atoms. The molecule has 0 amide bonds. The Morgan fingerprint density at radius 1 is 1.29 bits per heavy atom. The monoisotopic (exact) mass is 292 g/mol. The van der Waals surface area contributed by atoms with Crippen molar-refractivity contribution in [2.45, 2.75) is 30.8 Å². The molecule has 1 aromatic rings. The topological polar surface area (TPSA) is 58.7 Å². The van der Waals surface area contributed by atoms with E-state index in [2.05, 4.69) is 43.1 Å². The van der Waals surface area contributed by atoms with Crippen LogP contribution >= 0.6 is 0 Å². The summed E-state index contributed by atoms with van der Waals surface area (Å²) in [6, 6.07) is 10.4. The van der Waals surface area contributed by atoms with Gasteiger partial charge >= 0.3 is 0 Å². The summed E-state index contributed by atoms with van der Waals surface area (Å²) in [4.78, 5) is 2.20. The molecule has 0 spiro atoms. The van der Waals surface area contributed by atoms with Crippen molar-refractivity contribution in [3.63, 3.8) is 0 Å². The van der Waals surface area contributed by atoms with E-state index >= 15 is 0 Å². The van der Waals surface area contributed by atoms with E-state index < -0.39 is 5.60 Å². The molecule has 1 aliphatic heterocycles. The maximum atomic E-state index is 10.6. The molecule has 3 N–H and O–H groups in total. The number of ether oxygens (including phenoxy) is 1. The van der Waals surface area contributed by atoms with Gasteiger partial charge in [0.1, 0.15) is 0 Å². The fraction of sp³-hybridized carbons (Fsp3) is 0.647. The van der Waals surface area contributed by atoms with Gasteiger partial charge in [-0.2, -0.15) is 0 Å². The van der Waals surface area contributed by atoms with Crippen LogP contribution in [-0.4, -0.2) is 55.5 Å². The van der Waals surface area contributed by atoms with Crippen molar-refractivity contribution in [1.82, 2.24) is 4.90 Å². The quantitative estimate of drug-likeness (QED) is 0.831. The largest absolute Gasteiger partial charge is 0.388 e. The first-order valence-corrected chi connectivity index (χ1v) is 7.72. The molecule has 0 aliphatic carbocycles. The van der Waals surface area contributed by atoms with Crippen molar-refractivity contribution >= 4 is 0 Å². The van der Waals surface area contributed by atoms with Crippen molar-refractivity contribution in [2.75, 3.05) is 39.9 Å². The molecule has 0 saturated carbocycles. The van der Waals surface area contributed by atoms with Gasteiger partial charge in [0.05, 0.1) is 5.60 Å².